The molecule has 8 heteroatoms. The topological polar surface area (TPSA) is 81.8 Å². The van der Waals surface area contributed by atoms with Crippen LogP contribution < -0.4 is 10.6 Å². The van der Waals surface area contributed by atoms with Gasteiger partial charge in [-0.3, -0.25) is 0 Å². The largest absolute Gasteiger partial charge is 0.323 e. The smallest absolute Gasteiger partial charge is 0.308 e. The Morgan fingerprint density at radius 2 is 1.40 bits per heavy atom. The Kier molecular flexibility index (Phi) is 6.08. The molecule has 1 saturated carbocycles. The number of nitrogens with zero attached hydrogens (tertiary/aromatic N) is 2. The van der Waals surface area contributed by atoms with Gasteiger partial charge in [-0.25, -0.2) is 13.2 Å². The van der Waals surface area contributed by atoms with Crippen LogP contribution in [-0.4, -0.2) is 55.9 Å². The third kappa shape index (κ3) is 4.83. The number of amides is 2. The van der Waals surface area contributed by atoms with Crippen molar-refractivity contribution in [3.63, 3.8) is 0 Å². The quantitative estimate of drug-likeness (QED) is 0.737. The molecular formula is C22H28N4O3S. The van der Waals surface area contributed by atoms with Crippen LogP contribution in [0.5, 0.6) is 0 Å². The van der Waals surface area contributed by atoms with Crippen molar-refractivity contribution in [3.8, 4) is 0 Å². The highest BCUT2D eigenvalue weighted by atomic mass is 32.2. The maximum Gasteiger partial charge on any atom is 0.323 e. The summed E-state index contributed by atoms with van der Waals surface area (Å²) in [4.78, 5) is 14.7. The highest BCUT2D eigenvalue weighted by molar-refractivity contribution is 7.89. The van der Waals surface area contributed by atoms with Gasteiger partial charge in [-0.2, -0.15) is 4.31 Å². The fourth-order valence-electron chi connectivity index (χ4n) is 3.92. The Labute approximate surface area is 178 Å². The molecule has 0 spiro atoms. The van der Waals surface area contributed by atoms with E-state index in [0.29, 0.717) is 11.4 Å². The summed E-state index contributed by atoms with van der Waals surface area (Å²) in [5, 5.41) is 5.48. The third-order valence-electron chi connectivity index (χ3n) is 5.67. The number of para-hydroxylation sites is 1. The second kappa shape index (κ2) is 8.75. The van der Waals surface area contributed by atoms with Crippen molar-refractivity contribution in [2.75, 3.05) is 30.8 Å². The zero-order chi connectivity index (χ0) is 21.1. The average molecular weight is 429 g/mol. The van der Waals surface area contributed by atoms with Crippen LogP contribution in [0.4, 0.5) is 16.2 Å². The minimum Gasteiger partial charge on any atom is -0.308 e. The lowest BCUT2D eigenvalue weighted by atomic mass is 10.1. The number of benzene rings is 2. The molecule has 2 aromatic rings. The van der Waals surface area contributed by atoms with E-state index in [4.69, 9.17) is 0 Å². The fraction of sp³-hybridized carbons (Fsp3) is 0.409. The number of anilines is 2. The van der Waals surface area contributed by atoms with Crippen molar-refractivity contribution >= 4 is 27.4 Å². The highest BCUT2D eigenvalue weighted by Gasteiger charge is 2.43. The summed E-state index contributed by atoms with van der Waals surface area (Å²) in [6, 6.07) is 15.4. The van der Waals surface area contributed by atoms with Gasteiger partial charge in [0.25, 0.3) is 0 Å². The predicted octanol–water partition coefficient (Wildman–Crippen LogP) is 3.58. The monoisotopic (exact) mass is 428 g/mol. The molecule has 0 aromatic heterocycles. The zero-order valence-corrected chi connectivity index (χ0v) is 17.9. The number of likely N-dealkylation sites (tertiary alicyclic amines) is 1. The summed E-state index contributed by atoms with van der Waals surface area (Å²) < 4.78 is 28.5. The first-order valence-corrected chi connectivity index (χ1v) is 11.8. The van der Waals surface area contributed by atoms with Crippen molar-refractivity contribution in [1.82, 2.24) is 9.21 Å². The molecule has 30 heavy (non-hydrogen) atoms. The second-order valence-electron chi connectivity index (χ2n) is 8.07. The van der Waals surface area contributed by atoms with E-state index in [1.165, 1.54) is 0 Å². The van der Waals surface area contributed by atoms with Gasteiger partial charge >= 0.3 is 6.03 Å². The van der Waals surface area contributed by atoms with Crippen LogP contribution in [0.25, 0.3) is 0 Å². The lowest BCUT2D eigenvalue weighted by molar-refractivity contribution is 0.178. The van der Waals surface area contributed by atoms with E-state index in [-0.39, 0.29) is 23.0 Å². The molecule has 0 atom stereocenters. The standard InChI is InChI=1S/C22H28N4O3S/c1-25-15-13-20(14-16-25)26(19-9-10-19)30(28,29)21-11-7-18(8-12-21)24-22(27)23-17-5-3-2-4-6-17/h2-8,11-12,19-20H,9-10,13-16H2,1H3,(H2,23,24,27). The van der Waals surface area contributed by atoms with Gasteiger partial charge in [0.1, 0.15) is 0 Å². The molecule has 1 aliphatic heterocycles. The maximum absolute atomic E-state index is 13.4. The minimum absolute atomic E-state index is 0.0631. The molecule has 1 heterocycles. The molecule has 4 rings (SSSR count). The first kappa shape index (κ1) is 20.8. The molecule has 0 bridgehead atoms. The van der Waals surface area contributed by atoms with Crippen molar-refractivity contribution in [3.05, 3.63) is 54.6 Å². The summed E-state index contributed by atoms with van der Waals surface area (Å²) in [6.45, 7) is 1.84. The Hall–Kier alpha value is -2.42. The summed E-state index contributed by atoms with van der Waals surface area (Å²) >= 11 is 0. The van der Waals surface area contributed by atoms with Gasteiger partial charge in [0.15, 0.2) is 0 Å². The predicted molar refractivity (Wildman–Crippen MR) is 118 cm³/mol. The number of sulfonamides is 1. The van der Waals surface area contributed by atoms with Gasteiger partial charge in [-0.1, -0.05) is 18.2 Å². The Bertz CT molecular complexity index is 967. The van der Waals surface area contributed by atoms with Gasteiger partial charge < -0.3 is 15.5 Å². The summed E-state index contributed by atoms with van der Waals surface area (Å²) in [7, 11) is -1.49. The van der Waals surface area contributed by atoms with Crippen LogP contribution in [0.15, 0.2) is 59.5 Å². The Morgan fingerprint density at radius 3 is 1.97 bits per heavy atom. The molecular weight excluding hydrogens is 400 g/mol. The van der Waals surface area contributed by atoms with E-state index in [2.05, 4.69) is 22.6 Å². The van der Waals surface area contributed by atoms with Crippen LogP contribution in [0.3, 0.4) is 0 Å². The number of urea groups is 1. The molecule has 2 fully saturated rings. The first-order valence-electron chi connectivity index (χ1n) is 10.4. The van der Waals surface area contributed by atoms with Crippen LogP contribution in [0.2, 0.25) is 0 Å². The van der Waals surface area contributed by atoms with E-state index in [0.717, 1.165) is 38.8 Å². The minimum atomic E-state index is -3.56. The molecule has 1 saturated heterocycles. The van der Waals surface area contributed by atoms with E-state index in [1.54, 1.807) is 40.7 Å². The number of nitrogens with one attached hydrogen (secondary N) is 2. The zero-order valence-electron chi connectivity index (χ0n) is 17.1. The molecule has 2 aliphatic rings. The Balaban J connectivity index is 1.44. The molecule has 2 amide bonds. The molecule has 160 valence electrons. The normalized spacial score (nSPS) is 18.3. The number of piperidine rings is 1. The second-order valence-corrected chi connectivity index (χ2v) is 9.91. The summed E-state index contributed by atoms with van der Waals surface area (Å²) in [5.74, 6) is 0. The van der Waals surface area contributed by atoms with Crippen LogP contribution >= 0.6 is 0 Å². The van der Waals surface area contributed by atoms with Crippen LogP contribution in [-0.2, 0) is 10.0 Å². The van der Waals surface area contributed by atoms with Gasteiger partial charge in [-0.05, 0) is 82.2 Å². The van der Waals surface area contributed by atoms with Gasteiger partial charge in [0.2, 0.25) is 10.0 Å². The van der Waals surface area contributed by atoms with Crippen LogP contribution in [0.1, 0.15) is 25.7 Å². The van der Waals surface area contributed by atoms with E-state index < -0.39 is 10.0 Å². The van der Waals surface area contributed by atoms with Crippen molar-refractivity contribution in [2.45, 2.75) is 42.7 Å². The molecule has 2 aromatic carbocycles. The van der Waals surface area contributed by atoms with Crippen LogP contribution in [0, 0.1) is 0 Å². The van der Waals surface area contributed by atoms with Crippen molar-refractivity contribution in [2.24, 2.45) is 0 Å². The summed E-state index contributed by atoms with van der Waals surface area (Å²) in [6.07, 6.45) is 3.60. The molecule has 0 radical (unpaired) electrons. The number of rotatable bonds is 6. The van der Waals surface area contributed by atoms with Gasteiger partial charge in [-0.15, -0.1) is 0 Å². The van der Waals surface area contributed by atoms with Gasteiger partial charge in [0, 0.05) is 23.5 Å². The number of hydrogen-bond donors (Lipinski definition) is 2. The molecule has 7 nitrogen and oxygen atoms in total. The highest BCUT2D eigenvalue weighted by Crippen LogP contribution is 2.36. The average Bonchev–Trinajstić information content (AvgIpc) is 3.55. The number of carbonyl (C=O) groups is 1. The van der Waals surface area contributed by atoms with E-state index >= 15 is 0 Å². The third-order valence-corrected chi connectivity index (χ3v) is 7.69. The number of hydrogen-bond acceptors (Lipinski definition) is 4. The van der Waals surface area contributed by atoms with E-state index in [9.17, 15) is 13.2 Å². The maximum atomic E-state index is 13.4. The fourth-order valence-corrected chi connectivity index (χ4v) is 5.85. The molecule has 1 aliphatic carbocycles. The van der Waals surface area contributed by atoms with E-state index in [1.807, 2.05) is 18.2 Å². The molecule has 0 unspecified atom stereocenters. The first-order chi connectivity index (χ1) is 14.4. The van der Waals surface area contributed by atoms with Crippen molar-refractivity contribution < 1.29 is 13.2 Å². The lowest BCUT2D eigenvalue weighted by Crippen LogP contribution is -2.47. The Morgan fingerprint density at radius 1 is 0.867 bits per heavy atom. The van der Waals surface area contributed by atoms with Gasteiger partial charge in [0.05, 0.1) is 4.90 Å². The summed E-state index contributed by atoms with van der Waals surface area (Å²) in [5.41, 5.74) is 1.23. The lowest BCUT2D eigenvalue weighted by Gasteiger charge is -2.36. The van der Waals surface area contributed by atoms with Crippen molar-refractivity contribution in [1.29, 1.82) is 0 Å². The number of carbonyl (C=O) groups excluding carboxylic acids is 1. The SMILES string of the molecule is CN1CCC(N(C2CC2)S(=O)(=O)c2ccc(NC(=O)Nc3ccccc3)cc2)CC1. The molecule has 2 N–H and O–H groups in total.